The molecule has 2 aliphatic rings. The molecule has 1 fully saturated rings. The zero-order valence-corrected chi connectivity index (χ0v) is 16.5. The molecule has 1 aromatic heterocycles. The van der Waals surface area contributed by atoms with Gasteiger partial charge >= 0.3 is 0 Å². The largest absolute Gasteiger partial charge is 0.487 e. The third-order valence-corrected chi connectivity index (χ3v) is 6.02. The number of rotatable bonds is 5. The molecule has 2 heterocycles. The molecule has 0 radical (unpaired) electrons. The average molecular weight is 406 g/mol. The fraction of sp³-hybridized carbons (Fsp3) is 0.261. The number of amides is 1. The Bertz CT molecular complexity index is 1050. The maximum atomic E-state index is 12.9. The van der Waals surface area contributed by atoms with Crippen LogP contribution in [0.3, 0.4) is 0 Å². The lowest BCUT2D eigenvalue weighted by molar-refractivity contribution is -0.123. The second-order valence-corrected chi connectivity index (χ2v) is 8.10. The van der Waals surface area contributed by atoms with E-state index in [0.717, 1.165) is 47.3 Å². The van der Waals surface area contributed by atoms with Crippen molar-refractivity contribution < 1.29 is 9.53 Å². The van der Waals surface area contributed by atoms with E-state index in [9.17, 15) is 4.79 Å². The topological polar surface area (TPSA) is 64.1 Å². The first-order chi connectivity index (χ1) is 14.2. The summed E-state index contributed by atoms with van der Waals surface area (Å²) in [5.74, 6) is 0.927. The van der Waals surface area contributed by atoms with Gasteiger partial charge in [0.25, 0.3) is 0 Å². The van der Waals surface area contributed by atoms with E-state index in [2.05, 4.69) is 21.4 Å². The molecule has 0 saturated heterocycles. The van der Waals surface area contributed by atoms with Gasteiger partial charge in [-0.2, -0.15) is 0 Å². The Morgan fingerprint density at radius 1 is 1.14 bits per heavy atom. The molecule has 1 aliphatic heterocycles. The van der Waals surface area contributed by atoms with E-state index in [1.165, 1.54) is 6.33 Å². The van der Waals surface area contributed by atoms with E-state index in [4.69, 9.17) is 16.3 Å². The molecule has 3 aromatic rings. The van der Waals surface area contributed by atoms with Gasteiger partial charge in [-0.15, -0.1) is 0 Å². The normalized spacial score (nSPS) is 18.6. The van der Waals surface area contributed by atoms with Gasteiger partial charge < -0.3 is 10.1 Å². The number of nitrogens with zero attached hydrogens (tertiary/aromatic N) is 2. The van der Waals surface area contributed by atoms with Crippen molar-refractivity contribution in [2.45, 2.75) is 30.8 Å². The zero-order valence-electron chi connectivity index (χ0n) is 15.8. The van der Waals surface area contributed by atoms with Crippen LogP contribution in [0.15, 0.2) is 61.2 Å². The van der Waals surface area contributed by atoms with Gasteiger partial charge in [0.2, 0.25) is 5.91 Å². The Balaban J connectivity index is 1.27. The summed E-state index contributed by atoms with van der Waals surface area (Å²) in [5, 5.41) is 3.80. The van der Waals surface area contributed by atoms with Gasteiger partial charge in [0.1, 0.15) is 18.2 Å². The Labute approximate surface area is 174 Å². The molecule has 2 aromatic carbocycles. The van der Waals surface area contributed by atoms with Gasteiger partial charge in [-0.05, 0) is 36.1 Å². The van der Waals surface area contributed by atoms with Crippen LogP contribution >= 0.6 is 11.6 Å². The van der Waals surface area contributed by atoms with Gasteiger partial charge in [-0.25, -0.2) is 9.97 Å². The van der Waals surface area contributed by atoms with Crippen molar-refractivity contribution in [3.63, 3.8) is 0 Å². The summed E-state index contributed by atoms with van der Waals surface area (Å²) in [6.45, 7) is 0.480. The van der Waals surface area contributed by atoms with Crippen LogP contribution in [0.1, 0.15) is 24.0 Å². The van der Waals surface area contributed by atoms with E-state index >= 15 is 0 Å². The van der Waals surface area contributed by atoms with E-state index in [1.807, 2.05) is 36.4 Å². The maximum Gasteiger partial charge on any atom is 0.230 e. The van der Waals surface area contributed by atoms with Crippen LogP contribution in [-0.2, 0) is 16.6 Å². The van der Waals surface area contributed by atoms with Gasteiger partial charge in [0.15, 0.2) is 0 Å². The van der Waals surface area contributed by atoms with Gasteiger partial charge in [-0.1, -0.05) is 41.9 Å². The highest BCUT2D eigenvalue weighted by Gasteiger charge is 2.51. The summed E-state index contributed by atoms with van der Waals surface area (Å²) in [7, 11) is 0. The maximum absolute atomic E-state index is 12.9. The number of hydrogen-bond donors (Lipinski definition) is 1. The molecule has 1 aliphatic carbocycles. The molecule has 5 rings (SSSR count). The third-order valence-electron chi connectivity index (χ3n) is 5.77. The predicted molar refractivity (Wildman–Crippen MR) is 111 cm³/mol. The first kappa shape index (κ1) is 18.1. The number of aromatic nitrogens is 2. The van der Waals surface area contributed by atoms with Crippen LogP contribution in [0.25, 0.3) is 11.1 Å². The van der Waals surface area contributed by atoms with Crippen molar-refractivity contribution in [2.75, 3.05) is 6.54 Å². The molecule has 0 bridgehead atoms. The zero-order chi connectivity index (χ0) is 19.8. The van der Waals surface area contributed by atoms with Crippen molar-refractivity contribution in [1.29, 1.82) is 0 Å². The SMILES string of the molecule is O=C(NC[C@@H]1Cc2cccc(-c3cncnc3)c2O1)C1(c2ccc(Cl)cc2)CC1. The first-order valence-corrected chi connectivity index (χ1v) is 10.1. The lowest BCUT2D eigenvalue weighted by Gasteiger charge is -2.18. The summed E-state index contributed by atoms with van der Waals surface area (Å²) >= 11 is 5.99. The highest BCUT2D eigenvalue weighted by molar-refractivity contribution is 6.30. The molecule has 146 valence electrons. The Kier molecular flexibility index (Phi) is 4.47. The van der Waals surface area contributed by atoms with Crippen LogP contribution in [-0.4, -0.2) is 28.5 Å². The van der Waals surface area contributed by atoms with Crippen LogP contribution < -0.4 is 10.1 Å². The minimum Gasteiger partial charge on any atom is -0.487 e. The minimum absolute atomic E-state index is 0.0658. The van der Waals surface area contributed by atoms with E-state index in [0.29, 0.717) is 11.6 Å². The van der Waals surface area contributed by atoms with E-state index < -0.39 is 5.41 Å². The van der Waals surface area contributed by atoms with E-state index in [1.54, 1.807) is 12.4 Å². The average Bonchev–Trinajstić information content (AvgIpc) is 3.46. The van der Waals surface area contributed by atoms with Crippen molar-refractivity contribution in [3.8, 4) is 16.9 Å². The van der Waals surface area contributed by atoms with Crippen molar-refractivity contribution in [1.82, 2.24) is 15.3 Å². The summed E-state index contributed by atoms with van der Waals surface area (Å²) in [6, 6.07) is 13.7. The van der Waals surface area contributed by atoms with Crippen LogP contribution in [0, 0.1) is 0 Å². The monoisotopic (exact) mass is 405 g/mol. The molecule has 29 heavy (non-hydrogen) atoms. The molecular weight excluding hydrogens is 386 g/mol. The number of fused-ring (bicyclic) bond motifs is 1. The lowest BCUT2D eigenvalue weighted by Crippen LogP contribution is -2.40. The standard InChI is InChI=1S/C23H20ClN3O2/c24-18-6-4-17(5-7-18)23(8-9-23)22(28)27-13-19-10-15-2-1-3-20(21(15)29-19)16-11-25-14-26-12-16/h1-7,11-12,14,19H,8-10,13H2,(H,27,28)/t19-/m0/s1. The van der Waals surface area contributed by atoms with Gasteiger partial charge in [0.05, 0.1) is 12.0 Å². The van der Waals surface area contributed by atoms with Gasteiger partial charge in [0, 0.05) is 35.0 Å². The second-order valence-electron chi connectivity index (χ2n) is 7.66. The highest BCUT2D eigenvalue weighted by atomic mass is 35.5. The molecule has 5 nitrogen and oxygen atoms in total. The predicted octanol–water partition coefficient (Wildman–Crippen LogP) is 3.95. The molecule has 0 spiro atoms. The summed E-state index contributed by atoms with van der Waals surface area (Å²) in [4.78, 5) is 21.1. The third kappa shape index (κ3) is 3.36. The number of nitrogens with one attached hydrogen (secondary N) is 1. The summed E-state index contributed by atoms with van der Waals surface area (Å²) in [6.07, 6.45) is 7.49. The molecule has 0 unspecified atom stereocenters. The van der Waals surface area contributed by atoms with Crippen LogP contribution in [0.2, 0.25) is 5.02 Å². The first-order valence-electron chi connectivity index (χ1n) is 9.74. The number of hydrogen-bond acceptors (Lipinski definition) is 4. The van der Waals surface area contributed by atoms with Crippen molar-refractivity contribution >= 4 is 17.5 Å². The minimum atomic E-state index is -0.414. The second kappa shape index (κ2) is 7.16. The number of benzene rings is 2. The number of carbonyl (C=O) groups is 1. The molecule has 1 saturated carbocycles. The molecule has 6 heteroatoms. The smallest absolute Gasteiger partial charge is 0.230 e. The Morgan fingerprint density at radius 3 is 2.62 bits per heavy atom. The van der Waals surface area contributed by atoms with Crippen molar-refractivity contribution in [3.05, 3.63) is 77.3 Å². The van der Waals surface area contributed by atoms with E-state index in [-0.39, 0.29) is 12.0 Å². The summed E-state index contributed by atoms with van der Waals surface area (Å²) in [5.41, 5.74) is 3.67. The Morgan fingerprint density at radius 2 is 1.90 bits per heavy atom. The fourth-order valence-electron chi connectivity index (χ4n) is 4.03. The van der Waals surface area contributed by atoms with Crippen molar-refractivity contribution in [2.24, 2.45) is 0 Å². The van der Waals surface area contributed by atoms with Crippen LogP contribution in [0.5, 0.6) is 5.75 Å². The molecule has 1 N–H and O–H groups in total. The molecule has 1 amide bonds. The number of carbonyl (C=O) groups excluding carboxylic acids is 1. The van der Waals surface area contributed by atoms with Gasteiger partial charge in [-0.3, -0.25) is 4.79 Å². The Hall–Kier alpha value is -2.92. The fourth-order valence-corrected chi connectivity index (χ4v) is 4.16. The quantitative estimate of drug-likeness (QED) is 0.698. The number of halogens is 1. The number of ether oxygens (including phenoxy) is 1. The van der Waals surface area contributed by atoms with Crippen LogP contribution in [0.4, 0.5) is 0 Å². The lowest BCUT2D eigenvalue weighted by atomic mass is 9.95. The number of para-hydroxylation sites is 1. The molecular formula is C23H20ClN3O2. The highest BCUT2D eigenvalue weighted by Crippen LogP contribution is 2.48. The summed E-state index contributed by atoms with van der Waals surface area (Å²) < 4.78 is 6.21. The molecule has 1 atom stereocenters.